The Bertz CT molecular complexity index is 594. The van der Waals surface area contributed by atoms with Gasteiger partial charge in [0.25, 0.3) is 0 Å². The van der Waals surface area contributed by atoms with Gasteiger partial charge in [-0.2, -0.15) is 5.26 Å². The Labute approximate surface area is 130 Å². The van der Waals surface area contributed by atoms with Crippen molar-refractivity contribution >= 4 is 21.4 Å². The Morgan fingerprint density at radius 2 is 2.14 bits per heavy atom. The van der Waals surface area contributed by atoms with Gasteiger partial charge in [0, 0.05) is 29.1 Å². The van der Waals surface area contributed by atoms with Crippen LogP contribution in [-0.2, 0) is 0 Å². The number of aliphatic hydroxyl groups excluding tert-OH is 1. The van der Waals surface area contributed by atoms with Gasteiger partial charge in [-0.1, -0.05) is 32.0 Å². The Hall–Kier alpha value is -1.41. The average molecular weight is 302 g/mol. The molecule has 0 bridgehead atoms. The molecule has 112 valence electrons. The van der Waals surface area contributed by atoms with Gasteiger partial charge in [-0.05, 0) is 29.4 Å². The number of rotatable bonds is 7. The summed E-state index contributed by atoms with van der Waals surface area (Å²) in [5.41, 5.74) is 0.0790. The summed E-state index contributed by atoms with van der Waals surface area (Å²) in [7, 11) is 0. The van der Waals surface area contributed by atoms with Crippen LogP contribution in [0, 0.1) is 16.7 Å². The first-order chi connectivity index (χ1) is 10.0. The third-order valence-corrected chi connectivity index (χ3v) is 4.85. The average Bonchev–Trinajstić information content (AvgIpc) is 2.89. The minimum absolute atomic E-state index is 0.0790. The fourth-order valence-corrected chi connectivity index (χ4v) is 3.35. The number of fused-ring (bicyclic) bond motifs is 1. The van der Waals surface area contributed by atoms with E-state index in [1.54, 1.807) is 11.3 Å². The van der Waals surface area contributed by atoms with Crippen molar-refractivity contribution in [1.29, 1.82) is 5.26 Å². The van der Waals surface area contributed by atoms with Crippen molar-refractivity contribution in [3.05, 3.63) is 35.2 Å². The van der Waals surface area contributed by atoms with Crippen molar-refractivity contribution in [1.82, 2.24) is 5.32 Å². The Kier molecular flexibility index (Phi) is 5.35. The third-order valence-electron chi connectivity index (χ3n) is 3.63. The first-order valence-corrected chi connectivity index (χ1v) is 8.08. The van der Waals surface area contributed by atoms with Crippen molar-refractivity contribution in [2.24, 2.45) is 5.41 Å². The van der Waals surface area contributed by atoms with Crippen LogP contribution in [0.5, 0.6) is 0 Å². The second-order valence-electron chi connectivity index (χ2n) is 6.16. The maximum Gasteiger partial charge on any atom is 0.101 e. The molecule has 1 unspecified atom stereocenters. The molecule has 0 aliphatic rings. The zero-order valence-corrected chi connectivity index (χ0v) is 13.4. The molecule has 21 heavy (non-hydrogen) atoms. The standard InChI is InChI=1S/C17H22N2OS/c1-17(2,8-5-9-18)12-19-11-14(20)16-10-13-6-3-4-7-15(13)21-16/h3-4,6-7,10,14,19-20H,5,8,11-12H2,1-2H3. The SMILES string of the molecule is CC(C)(CCC#N)CNCC(O)c1cc2ccccc2s1. The summed E-state index contributed by atoms with van der Waals surface area (Å²) < 4.78 is 1.21. The monoisotopic (exact) mass is 302 g/mol. The smallest absolute Gasteiger partial charge is 0.101 e. The van der Waals surface area contributed by atoms with Crippen molar-refractivity contribution in [2.75, 3.05) is 13.1 Å². The predicted molar refractivity (Wildman–Crippen MR) is 88.3 cm³/mol. The Balaban J connectivity index is 1.87. The van der Waals surface area contributed by atoms with Crippen LogP contribution in [0.4, 0.5) is 0 Å². The van der Waals surface area contributed by atoms with Gasteiger partial charge >= 0.3 is 0 Å². The molecular formula is C17H22N2OS. The van der Waals surface area contributed by atoms with Gasteiger partial charge in [-0.25, -0.2) is 0 Å². The number of thiophene rings is 1. The molecule has 2 aromatic rings. The fourth-order valence-electron chi connectivity index (χ4n) is 2.30. The summed E-state index contributed by atoms with van der Waals surface area (Å²) >= 11 is 1.64. The fraction of sp³-hybridized carbons (Fsp3) is 0.471. The highest BCUT2D eigenvalue weighted by atomic mass is 32.1. The van der Waals surface area contributed by atoms with Gasteiger partial charge in [-0.15, -0.1) is 11.3 Å². The number of nitriles is 1. The van der Waals surface area contributed by atoms with Crippen LogP contribution in [0.1, 0.15) is 37.7 Å². The molecule has 0 aliphatic heterocycles. The highest BCUT2D eigenvalue weighted by molar-refractivity contribution is 7.19. The number of nitrogens with one attached hydrogen (secondary N) is 1. The summed E-state index contributed by atoms with van der Waals surface area (Å²) in [6, 6.07) is 12.4. The van der Waals surface area contributed by atoms with E-state index in [-0.39, 0.29) is 5.41 Å². The highest BCUT2D eigenvalue weighted by Crippen LogP contribution is 2.29. The summed E-state index contributed by atoms with van der Waals surface area (Å²) in [6.45, 7) is 5.63. The first kappa shape index (κ1) is 16.0. The van der Waals surface area contributed by atoms with Gasteiger partial charge in [0.1, 0.15) is 6.10 Å². The van der Waals surface area contributed by atoms with Crippen molar-refractivity contribution in [3.8, 4) is 6.07 Å². The minimum Gasteiger partial charge on any atom is -0.386 e. The van der Waals surface area contributed by atoms with Gasteiger partial charge in [0.2, 0.25) is 0 Å². The molecule has 2 rings (SSSR count). The Morgan fingerprint density at radius 1 is 1.38 bits per heavy atom. The Morgan fingerprint density at radius 3 is 2.86 bits per heavy atom. The number of hydrogen-bond donors (Lipinski definition) is 2. The van der Waals surface area contributed by atoms with E-state index in [1.807, 2.05) is 12.1 Å². The van der Waals surface area contributed by atoms with Gasteiger partial charge in [0.05, 0.1) is 6.07 Å². The summed E-state index contributed by atoms with van der Waals surface area (Å²) in [4.78, 5) is 0.999. The van der Waals surface area contributed by atoms with Crippen LogP contribution >= 0.6 is 11.3 Å². The number of nitrogens with zero attached hydrogens (tertiary/aromatic N) is 1. The minimum atomic E-state index is -0.478. The van der Waals surface area contributed by atoms with E-state index in [0.29, 0.717) is 13.0 Å². The molecule has 3 nitrogen and oxygen atoms in total. The molecule has 0 radical (unpaired) electrons. The highest BCUT2D eigenvalue weighted by Gasteiger charge is 2.18. The lowest BCUT2D eigenvalue weighted by Gasteiger charge is -2.24. The molecule has 0 aliphatic carbocycles. The topological polar surface area (TPSA) is 56.0 Å². The van der Waals surface area contributed by atoms with E-state index < -0.39 is 6.10 Å². The summed E-state index contributed by atoms with van der Waals surface area (Å²) in [6.07, 6.45) is 0.970. The normalized spacial score (nSPS) is 13.2. The quantitative estimate of drug-likeness (QED) is 0.816. The predicted octanol–water partition coefficient (Wildman–Crippen LogP) is 3.85. The van der Waals surface area contributed by atoms with Gasteiger partial charge in [0.15, 0.2) is 0 Å². The van der Waals surface area contributed by atoms with Crippen LogP contribution in [0.3, 0.4) is 0 Å². The van der Waals surface area contributed by atoms with Crippen molar-refractivity contribution in [3.63, 3.8) is 0 Å². The zero-order chi connectivity index (χ0) is 15.3. The zero-order valence-electron chi connectivity index (χ0n) is 12.6. The lowest BCUT2D eigenvalue weighted by molar-refractivity contribution is 0.171. The van der Waals surface area contributed by atoms with E-state index in [1.165, 1.54) is 10.1 Å². The number of benzene rings is 1. The number of hydrogen-bond acceptors (Lipinski definition) is 4. The first-order valence-electron chi connectivity index (χ1n) is 7.26. The van der Waals surface area contributed by atoms with E-state index in [0.717, 1.165) is 17.8 Å². The van der Waals surface area contributed by atoms with Crippen LogP contribution < -0.4 is 5.32 Å². The molecule has 0 saturated carbocycles. The van der Waals surface area contributed by atoms with Crippen LogP contribution in [0.2, 0.25) is 0 Å². The summed E-state index contributed by atoms with van der Waals surface area (Å²) in [5.74, 6) is 0. The lowest BCUT2D eigenvalue weighted by Crippen LogP contribution is -2.32. The van der Waals surface area contributed by atoms with Crippen molar-refractivity contribution in [2.45, 2.75) is 32.8 Å². The molecule has 1 atom stereocenters. The van der Waals surface area contributed by atoms with Gasteiger partial charge in [-0.3, -0.25) is 0 Å². The van der Waals surface area contributed by atoms with E-state index in [2.05, 4.69) is 43.4 Å². The number of aliphatic hydroxyl groups is 1. The molecular weight excluding hydrogens is 280 g/mol. The lowest BCUT2D eigenvalue weighted by atomic mass is 9.88. The van der Waals surface area contributed by atoms with Crippen LogP contribution in [0.25, 0.3) is 10.1 Å². The maximum absolute atomic E-state index is 10.3. The molecule has 1 heterocycles. The molecule has 2 N–H and O–H groups in total. The third kappa shape index (κ3) is 4.53. The largest absolute Gasteiger partial charge is 0.386 e. The van der Waals surface area contributed by atoms with Crippen LogP contribution in [0.15, 0.2) is 30.3 Å². The molecule has 0 fully saturated rings. The molecule has 1 aromatic heterocycles. The molecule has 0 spiro atoms. The van der Waals surface area contributed by atoms with E-state index in [4.69, 9.17) is 5.26 Å². The summed E-state index contributed by atoms with van der Waals surface area (Å²) in [5, 5.41) is 23.5. The second-order valence-corrected chi connectivity index (χ2v) is 7.27. The second kappa shape index (κ2) is 7.04. The molecule has 0 amide bonds. The van der Waals surface area contributed by atoms with Crippen LogP contribution in [-0.4, -0.2) is 18.2 Å². The maximum atomic E-state index is 10.3. The van der Waals surface area contributed by atoms with Gasteiger partial charge < -0.3 is 10.4 Å². The molecule has 0 saturated heterocycles. The molecule has 1 aromatic carbocycles. The van der Waals surface area contributed by atoms with Crippen molar-refractivity contribution < 1.29 is 5.11 Å². The van der Waals surface area contributed by atoms with E-state index >= 15 is 0 Å². The molecule has 4 heteroatoms. The van der Waals surface area contributed by atoms with E-state index in [9.17, 15) is 5.11 Å².